The van der Waals surface area contributed by atoms with Gasteiger partial charge in [0, 0.05) is 76.4 Å². The fourth-order valence-corrected chi connectivity index (χ4v) is 8.55. The number of rotatable bonds is 7. The summed E-state index contributed by atoms with van der Waals surface area (Å²) in [7, 11) is 2.11. The minimum absolute atomic E-state index is 0.0289. The largest absolute Gasteiger partial charge is 0.418 e. The zero-order valence-electron chi connectivity index (χ0n) is 27.1. The number of hydrogen-bond donors (Lipinski definition) is 2. The third-order valence-electron chi connectivity index (χ3n) is 10.4. The number of likely N-dealkylation sites (N-methyl/N-ethyl adjacent to an activating group) is 1. The number of fused-ring (bicyclic) bond motifs is 1. The number of piperidine rings is 2. The molecule has 5 heterocycles. The molecule has 3 fully saturated rings. The molecule has 1 aromatic heterocycles. The van der Waals surface area contributed by atoms with Crippen molar-refractivity contribution in [2.24, 2.45) is 5.92 Å². The Balaban J connectivity index is 1.13. The molecule has 262 valence electrons. The van der Waals surface area contributed by atoms with E-state index in [2.05, 4.69) is 22.2 Å². The molecule has 6 rings (SSSR count). The molecule has 4 amide bonds. The van der Waals surface area contributed by atoms with E-state index in [1.165, 1.54) is 17.4 Å². The van der Waals surface area contributed by atoms with Gasteiger partial charge in [0.2, 0.25) is 11.8 Å². The van der Waals surface area contributed by atoms with Crippen molar-refractivity contribution in [2.75, 3.05) is 70.5 Å². The van der Waals surface area contributed by atoms with Crippen molar-refractivity contribution in [3.63, 3.8) is 0 Å². The molecular weight excluding hydrogens is 667 g/mol. The average Bonchev–Trinajstić information content (AvgIpc) is 3.52. The predicted octanol–water partition coefficient (Wildman–Crippen LogP) is 4.83. The van der Waals surface area contributed by atoms with Crippen LogP contribution in [-0.2, 0) is 28.7 Å². The van der Waals surface area contributed by atoms with E-state index in [1.807, 2.05) is 16.3 Å². The molecule has 48 heavy (non-hydrogen) atoms. The van der Waals surface area contributed by atoms with Crippen LogP contribution in [0.1, 0.15) is 48.8 Å². The van der Waals surface area contributed by atoms with Gasteiger partial charge in [-0.15, -0.1) is 11.3 Å². The number of carbonyl (C=O) groups excluding carboxylic acids is 3. The van der Waals surface area contributed by atoms with Crippen LogP contribution >= 0.6 is 22.9 Å². The first-order chi connectivity index (χ1) is 22.9. The van der Waals surface area contributed by atoms with Crippen molar-refractivity contribution >= 4 is 51.5 Å². The van der Waals surface area contributed by atoms with E-state index in [-0.39, 0.29) is 47.3 Å². The number of thiophene rings is 1. The molecule has 4 aliphatic heterocycles. The number of urea groups is 1. The number of piperazine rings is 1. The number of amides is 4. The normalized spacial score (nSPS) is 21.3. The van der Waals surface area contributed by atoms with Crippen molar-refractivity contribution in [2.45, 2.75) is 63.3 Å². The van der Waals surface area contributed by atoms with Gasteiger partial charge in [0.15, 0.2) is 0 Å². The molecule has 3 saturated heterocycles. The fourth-order valence-electron chi connectivity index (χ4n) is 7.51. The lowest BCUT2D eigenvalue weighted by Crippen LogP contribution is -2.54. The summed E-state index contributed by atoms with van der Waals surface area (Å²) in [6.45, 7) is 6.42. The summed E-state index contributed by atoms with van der Waals surface area (Å²) in [6.07, 6.45) is -2.10. The predicted molar refractivity (Wildman–Crippen MR) is 180 cm³/mol. The molecule has 3 N–H and O–H groups in total. The minimum Gasteiger partial charge on any atom is -0.397 e. The van der Waals surface area contributed by atoms with Gasteiger partial charge in [-0.25, -0.2) is 4.79 Å². The third-order valence-corrected chi connectivity index (χ3v) is 11.6. The summed E-state index contributed by atoms with van der Waals surface area (Å²) in [4.78, 5) is 50.6. The molecule has 2 aromatic rings. The molecule has 4 aliphatic rings. The van der Waals surface area contributed by atoms with E-state index in [1.54, 1.807) is 9.80 Å². The summed E-state index contributed by atoms with van der Waals surface area (Å²) >= 11 is 7.63. The summed E-state index contributed by atoms with van der Waals surface area (Å²) in [6, 6.07) is 4.52. The Hall–Kier alpha value is -3.07. The van der Waals surface area contributed by atoms with E-state index in [0.29, 0.717) is 51.6 Å². The Kier molecular flexibility index (Phi) is 10.4. The zero-order valence-corrected chi connectivity index (χ0v) is 28.7. The van der Waals surface area contributed by atoms with Gasteiger partial charge in [0.25, 0.3) is 0 Å². The Morgan fingerprint density at radius 3 is 2.31 bits per heavy atom. The number of likely N-dealkylation sites (tertiary alicyclic amines) is 2. The minimum atomic E-state index is -4.72. The van der Waals surface area contributed by atoms with E-state index < -0.39 is 23.3 Å². The molecule has 0 radical (unpaired) electrons. The number of nitrogens with one attached hydrogen (secondary N) is 1. The van der Waals surface area contributed by atoms with Gasteiger partial charge in [-0.2, -0.15) is 13.2 Å². The molecular formula is C33H43ClF3N7O3S. The van der Waals surface area contributed by atoms with Gasteiger partial charge in [0.1, 0.15) is 5.00 Å². The Morgan fingerprint density at radius 2 is 1.65 bits per heavy atom. The van der Waals surface area contributed by atoms with Gasteiger partial charge in [-0.05, 0) is 68.3 Å². The van der Waals surface area contributed by atoms with Gasteiger partial charge in [-0.1, -0.05) is 11.6 Å². The molecule has 0 bridgehead atoms. The fraction of sp³-hybridized carbons (Fsp3) is 0.606. The summed E-state index contributed by atoms with van der Waals surface area (Å²) in [5, 5.41) is 5.53. The number of nitrogens with zero attached hydrogens (tertiary/aromatic N) is 5. The average molecular weight is 710 g/mol. The lowest BCUT2D eigenvalue weighted by molar-refractivity contribution is -0.143. The van der Waals surface area contributed by atoms with Crippen LogP contribution in [0, 0.1) is 5.92 Å². The second-order valence-corrected chi connectivity index (χ2v) is 14.8. The van der Waals surface area contributed by atoms with Crippen molar-refractivity contribution in [1.82, 2.24) is 24.5 Å². The number of halogens is 4. The van der Waals surface area contributed by atoms with Crippen LogP contribution in [0.15, 0.2) is 23.6 Å². The van der Waals surface area contributed by atoms with Crippen molar-refractivity contribution < 1.29 is 27.6 Å². The molecule has 0 saturated carbocycles. The molecule has 10 nitrogen and oxygen atoms in total. The van der Waals surface area contributed by atoms with E-state index in [0.717, 1.165) is 55.7 Å². The van der Waals surface area contributed by atoms with Crippen LogP contribution in [0.5, 0.6) is 0 Å². The number of anilines is 2. The summed E-state index contributed by atoms with van der Waals surface area (Å²) in [5.41, 5.74) is 5.35. The zero-order chi connectivity index (χ0) is 34.2. The Bertz CT molecular complexity index is 1500. The van der Waals surface area contributed by atoms with Crippen molar-refractivity contribution in [3.8, 4) is 0 Å². The number of hydrogen-bond acceptors (Lipinski definition) is 7. The van der Waals surface area contributed by atoms with E-state index in [4.69, 9.17) is 17.3 Å². The van der Waals surface area contributed by atoms with Crippen LogP contribution in [0.4, 0.5) is 28.7 Å². The maximum absolute atomic E-state index is 14.1. The summed E-state index contributed by atoms with van der Waals surface area (Å²) < 4.78 is 41.4. The molecule has 1 atom stereocenters. The van der Waals surface area contributed by atoms with Crippen LogP contribution in [0.3, 0.4) is 0 Å². The highest BCUT2D eigenvalue weighted by Gasteiger charge is 2.38. The SMILES string of the molecule is CN1CCN(C2CCN(C(=O)C(CC(=O)N3CCC(N4Cc5ccsc5NC4=O)CC3)Cc3cc(Cl)c(N)c(C(F)(F)F)c3)CC2)CC1. The molecule has 0 spiro atoms. The number of alkyl halides is 3. The maximum Gasteiger partial charge on any atom is 0.418 e. The Labute approximate surface area is 287 Å². The first-order valence-electron chi connectivity index (χ1n) is 16.7. The quantitative estimate of drug-likeness (QED) is 0.400. The number of carbonyl (C=O) groups is 3. The highest BCUT2D eigenvalue weighted by Crippen LogP contribution is 2.39. The van der Waals surface area contributed by atoms with Gasteiger partial charge >= 0.3 is 12.2 Å². The van der Waals surface area contributed by atoms with E-state index in [9.17, 15) is 27.6 Å². The van der Waals surface area contributed by atoms with Crippen molar-refractivity contribution in [1.29, 1.82) is 0 Å². The highest BCUT2D eigenvalue weighted by molar-refractivity contribution is 7.14. The molecule has 1 unspecified atom stereocenters. The smallest absolute Gasteiger partial charge is 0.397 e. The van der Waals surface area contributed by atoms with Crippen LogP contribution in [-0.4, -0.2) is 114 Å². The van der Waals surface area contributed by atoms with Gasteiger partial charge < -0.3 is 25.3 Å². The molecule has 1 aromatic carbocycles. The maximum atomic E-state index is 14.1. The standard InChI is InChI=1S/C33H43ClF3N7O3S/c1-40-11-13-41(14-12-40)24-2-9-43(10-3-24)31(46)23(16-21-17-26(33(35,36)37)29(38)27(34)18-21)19-28(45)42-7-4-25(5-8-42)44-20-22-6-15-48-30(22)39-32(44)47/h6,15,17-18,23-25H,2-5,7-14,16,19-20,38H2,1H3,(H,39,47). The number of nitrogen functional groups attached to an aromatic ring is 1. The third kappa shape index (κ3) is 7.71. The van der Waals surface area contributed by atoms with Crippen LogP contribution in [0.25, 0.3) is 0 Å². The molecule has 15 heteroatoms. The second-order valence-electron chi connectivity index (χ2n) is 13.5. The first-order valence-corrected chi connectivity index (χ1v) is 17.9. The van der Waals surface area contributed by atoms with Crippen molar-refractivity contribution in [3.05, 3.63) is 45.3 Å². The first kappa shape index (κ1) is 34.8. The van der Waals surface area contributed by atoms with Crippen LogP contribution < -0.4 is 11.1 Å². The number of benzene rings is 1. The van der Waals surface area contributed by atoms with Gasteiger partial charge in [-0.3, -0.25) is 19.8 Å². The van der Waals surface area contributed by atoms with E-state index >= 15 is 0 Å². The topological polar surface area (TPSA) is 105 Å². The Morgan fingerprint density at radius 1 is 1.00 bits per heavy atom. The van der Waals surface area contributed by atoms with Gasteiger partial charge in [0.05, 0.1) is 28.7 Å². The second kappa shape index (κ2) is 14.4. The molecule has 0 aliphatic carbocycles. The lowest BCUT2D eigenvalue weighted by atomic mass is 9.91. The lowest BCUT2D eigenvalue weighted by Gasteiger charge is -2.42. The monoisotopic (exact) mass is 709 g/mol. The van der Waals surface area contributed by atoms with Crippen LogP contribution in [0.2, 0.25) is 5.02 Å². The number of nitrogens with two attached hydrogens (primary N) is 1. The summed E-state index contributed by atoms with van der Waals surface area (Å²) in [5.74, 6) is -1.31. The highest BCUT2D eigenvalue weighted by atomic mass is 35.5.